The van der Waals surface area contributed by atoms with Crippen molar-refractivity contribution in [2.24, 2.45) is 13.0 Å². The Bertz CT molecular complexity index is 1110. The number of rotatable bonds is 5. The van der Waals surface area contributed by atoms with Gasteiger partial charge in [0.25, 0.3) is 11.8 Å². The predicted molar refractivity (Wildman–Crippen MR) is 105 cm³/mol. The number of H-pyrrole nitrogens is 2. The highest BCUT2D eigenvalue weighted by Gasteiger charge is 2.32. The van der Waals surface area contributed by atoms with Crippen molar-refractivity contribution in [3.8, 4) is 0 Å². The summed E-state index contributed by atoms with van der Waals surface area (Å²) in [6.45, 7) is 2.46. The van der Waals surface area contributed by atoms with Crippen LogP contribution >= 0.6 is 0 Å². The smallest absolute Gasteiger partial charge is 0.325 e. The van der Waals surface area contributed by atoms with Gasteiger partial charge in [-0.1, -0.05) is 12.1 Å². The predicted octanol–water partition coefficient (Wildman–Crippen LogP) is 1.44. The van der Waals surface area contributed by atoms with Crippen molar-refractivity contribution in [3.05, 3.63) is 57.9 Å². The maximum Gasteiger partial charge on any atom is 0.325 e. The highest BCUT2D eigenvalue weighted by molar-refractivity contribution is 5.98. The first-order chi connectivity index (χ1) is 13.4. The number of aryl methyl sites for hydroxylation is 2. The summed E-state index contributed by atoms with van der Waals surface area (Å²) in [7, 11) is 1.58. The quantitative estimate of drug-likeness (QED) is 0.536. The van der Waals surface area contributed by atoms with E-state index in [4.69, 9.17) is 0 Å². The Balaban J connectivity index is 1.34. The van der Waals surface area contributed by atoms with Crippen molar-refractivity contribution < 1.29 is 9.59 Å². The maximum atomic E-state index is 12.6. The summed E-state index contributed by atoms with van der Waals surface area (Å²) in [6, 6.07) is 7.90. The van der Waals surface area contributed by atoms with Crippen LogP contribution in [-0.2, 0) is 7.05 Å². The lowest BCUT2D eigenvalue weighted by Crippen LogP contribution is -2.51. The Kier molecular flexibility index (Phi) is 4.54. The van der Waals surface area contributed by atoms with Gasteiger partial charge in [0.15, 0.2) is 0 Å². The third kappa shape index (κ3) is 3.45. The third-order valence-corrected chi connectivity index (χ3v) is 5.41. The van der Waals surface area contributed by atoms with Crippen LogP contribution in [-0.4, -0.2) is 38.9 Å². The van der Waals surface area contributed by atoms with E-state index in [1.807, 2.05) is 31.2 Å². The van der Waals surface area contributed by atoms with Crippen molar-refractivity contribution in [2.75, 3.05) is 6.54 Å². The fourth-order valence-electron chi connectivity index (χ4n) is 3.54. The molecule has 1 aromatic carbocycles. The number of carbonyl (C=O) groups excluding carboxylic acids is 2. The van der Waals surface area contributed by atoms with Crippen LogP contribution in [0.2, 0.25) is 0 Å². The second-order valence-electron chi connectivity index (χ2n) is 7.48. The van der Waals surface area contributed by atoms with Gasteiger partial charge in [-0.15, -0.1) is 0 Å². The summed E-state index contributed by atoms with van der Waals surface area (Å²) >= 11 is 0. The number of aromatic amines is 2. The average molecular weight is 381 g/mol. The Morgan fingerprint density at radius 1 is 1.14 bits per heavy atom. The van der Waals surface area contributed by atoms with Crippen LogP contribution < -0.4 is 16.3 Å². The lowest BCUT2D eigenvalue weighted by molar-refractivity contribution is 0.0854. The van der Waals surface area contributed by atoms with E-state index in [-0.39, 0.29) is 35.2 Å². The zero-order valence-electron chi connectivity index (χ0n) is 15.8. The highest BCUT2D eigenvalue weighted by Crippen LogP contribution is 2.27. The standard InChI is InChI=1S/C20H23N5O3/c1-11-3-4-12-8-16(22-15(12)7-11)19(27)23-14-6-5-13(14)9-21-18(26)17-10-25(2)20(28)24-17/h3-4,7-8,10,13-14,22H,5-6,9H2,1-2H3,(H,21,26)(H,23,27)(H,24,28)/t13-,14+/m0/s1. The molecule has 1 fully saturated rings. The monoisotopic (exact) mass is 381 g/mol. The van der Waals surface area contributed by atoms with Gasteiger partial charge in [-0.2, -0.15) is 0 Å². The van der Waals surface area contributed by atoms with Gasteiger partial charge in [0.05, 0.1) is 0 Å². The van der Waals surface area contributed by atoms with Crippen molar-refractivity contribution in [2.45, 2.75) is 25.8 Å². The summed E-state index contributed by atoms with van der Waals surface area (Å²) in [6.07, 6.45) is 3.28. The number of carbonyl (C=O) groups is 2. The molecule has 2 aromatic heterocycles. The molecule has 2 heterocycles. The number of nitrogens with one attached hydrogen (secondary N) is 4. The molecular weight excluding hydrogens is 358 g/mol. The van der Waals surface area contributed by atoms with Gasteiger partial charge >= 0.3 is 5.69 Å². The van der Waals surface area contributed by atoms with Gasteiger partial charge in [-0.25, -0.2) is 4.79 Å². The van der Waals surface area contributed by atoms with E-state index in [1.165, 1.54) is 10.8 Å². The Labute approximate surface area is 161 Å². The van der Waals surface area contributed by atoms with Gasteiger partial charge < -0.3 is 25.2 Å². The van der Waals surface area contributed by atoms with Gasteiger partial charge in [0.2, 0.25) is 0 Å². The van der Waals surface area contributed by atoms with Crippen molar-refractivity contribution in [1.29, 1.82) is 0 Å². The molecule has 0 unspecified atom stereocenters. The minimum absolute atomic E-state index is 0.0239. The number of nitrogens with zero attached hydrogens (tertiary/aromatic N) is 1. The largest absolute Gasteiger partial charge is 0.351 e. The van der Waals surface area contributed by atoms with Crippen LogP contribution in [0.1, 0.15) is 39.4 Å². The molecular formula is C20H23N5O3. The molecule has 146 valence electrons. The topological polar surface area (TPSA) is 112 Å². The van der Waals surface area contributed by atoms with Crippen molar-refractivity contribution >= 4 is 22.7 Å². The van der Waals surface area contributed by atoms with Crippen molar-refractivity contribution in [1.82, 2.24) is 25.2 Å². The molecule has 1 aliphatic rings. The molecule has 4 N–H and O–H groups in total. The zero-order chi connectivity index (χ0) is 19.8. The van der Waals surface area contributed by atoms with Gasteiger partial charge in [-0.3, -0.25) is 9.59 Å². The normalized spacial score (nSPS) is 18.6. The molecule has 0 bridgehead atoms. The molecule has 0 spiro atoms. The molecule has 2 atom stereocenters. The molecule has 3 aromatic rings. The Morgan fingerprint density at radius 3 is 2.64 bits per heavy atom. The van der Waals surface area contributed by atoms with E-state index >= 15 is 0 Å². The second-order valence-corrected chi connectivity index (χ2v) is 7.48. The first-order valence-electron chi connectivity index (χ1n) is 9.35. The van der Waals surface area contributed by atoms with E-state index < -0.39 is 0 Å². The number of imidazole rings is 1. The summed E-state index contributed by atoms with van der Waals surface area (Å²) < 4.78 is 1.32. The maximum absolute atomic E-state index is 12.6. The van der Waals surface area contributed by atoms with Crippen LogP contribution in [0.5, 0.6) is 0 Å². The second kappa shape index (κ2) is 7.03. The summed E-state index contributed by atoms with van der Waals surface area (Å²) in [5.74, 6) is -0.280. The molecule has 0 radical (unpaired) electrons. The van der Waals surface area contributed by atoms with E-state index in [2.05, 4.69) is 20.6 Å². The minimum Gasteiger partial charge on any atom is -0.351 e. The van der Waals surface area contributed by atoms with Gasteiger partial charge in [0, 0.05) is 36.7 Å². The lowest BCUT2D eigenvalue weighted by atomic mass is 9.79. The highest BCUT2D eigenvalue weighted by atomic mass is 16.2. The van der Waals surface area contributed by atoms with Gasteiger partial charge in [0.1, 0.15) is 11.4 Å². The first-order valence-corrected chi connectivity index (χ1v) is 9.35. The minimum atomic E-state index is -0.326. The summed E-state index contributed by atoms with van der Waals surface area (Å²) in [5.41, 5.74) is 2.53. The van der Waals surface area contributed by atoms with E-state index in [0.29, 0.717) is 12.2 Å². The van der Waals surface area contributed by atoms with E-state index in [1.54, 1.807) is 7.05 Å². The number of fused-ring (bicyclic) bond motifs is 1. The van der Waals surface area contributed by atoms with Crippen LogP contribution in [0.4, 0.5) is 0 Å². The molecule has 0 aliphatic heterocycles. The van der Waals surface area contributed by atoms with Gasteiger partial charge in [-0.05, 0) is 43.4 Å². The number of benzene rings is 1. The summed E-state index contributed by atoms with van der Waals surface area (Å²) in [5, 5.41) is 6.89. The average Bonchev–Trinajstić information content (AvgIpc) is 3.21. The number of hydrogen-bond acceptors (Lipinski definition) is 3. The molecule has 2 amide bonds. The van der Waals surface area contributed by atoms with Crippen molar-refractivity contribution in [3.63, 3.8) is 0 Å². The third-order valence-electron chi connectivity index (χ3n) is 5.41. The Hall–Kier alpha value is -3.29. The molecule has 4 rings (SSSR count). The molecule has 8 nitrogen and oxygen atoms in total. The summed E-state index contributed by atoms with van der Waals surface area (Å²) in [4.78, 5) is 41.8. The van der Waals surface area contributed by atoms with Crippen LogP contribution in [0.25, 0.3) is 10.9 Å². The molecule has 1 saturated carbocycles. The lowest BCUT2D eigenvalue weighted by Gasteiger charge is -2.37. The number of hydrogen-bond donors (Lipinski definition) is 4. The Morgan fingerprint density at radius 2 is 1.96 bits per heavy atom. The number of amides is 2. The molecule has 28 heavy (non-hydrogen) atoms. The SMILES string of the molecule is Cc1ccc2cc(C(=O)N[C@@H]3CC[C@H]3CNC(=O)c3cn(C)c(=O)[nH]3)[nH]c2c1. The van der Waals surface area contributed by atoms with Crippen LogP contribution in [0.15, 0.2) is 35.3 Å². The first kappa shape index (κ1) is 18.1. The number of aromatic nitrogens is 3. The molecule has 0 saturated heterocycles. The molecule has 1 aliphatic carbocycles. The fraction of sp³-hybridized carbons (Fsp3) is 0.350. The van der Waals surface area contributed by atoms with Crippen LogP contribution in [0, 0.1) is 12.8 Å². The van der Waals surface area contributed by atoms with Crippen LogP contribution in [0.3, 0.4) is 0 Å². The van der Waals surface area contributed by atoms with E-state index in [0.717, 1.165) is 29.3 Å². The van der Waals surface area contributed by atoms with E-state index in [9.17, 15) is 14.4 Å². The zero-order valence-corrected chi connectivity index (χ0v) is 15.8. The fourth-order valence-corrected chi connectivity index (χ4v) is 3.54. The molecule has 8 heteroatoms.